The van der Waals surface area contributed by atoms with Gasteiger partial charge in [0, 0.05) is 27.9 Å². The number of aromatic nitrogens is 1. The highest BCUT2D eigenvalue weighted by molar-refractivity contribution is 7.99. The standard InChI is InChI=1S/C16H14ClFN2S/c1-19-8-10-7-11(18)5-6-14(10)21-15-9-20-16-12(15)3-2-4-13(16)17/h2-7,9,19-20H,8H2,1H3. The molecular formula is C16H14ClFN2S. The number of fused-ring (bicyclic) bond motifs is 1. The number of hydrogen-bond acceptors (Lipinski definition) is 2. The molecule has 2 N–H and O–H groups in total. The first kappa shape index (κ1) is 14.4. The molecule has 3 aromatic rings. The number of benzene rings is 2. The van der Waals surface area contributed by atoms with E-state index in [1.165, 1.54) is 6.07 Å². The summed E-state index contributed by atoms with van der Waals surface area (Å²) in [4.78, 5) is 5.31. The maximum absolute atomic E-state index is 13.4. The minimum absolute atomic E-state index is 0.216. The van der Waals surface area contributed by atoms with E-state index in [0.29, 0.717) is 11.6 Å². The van der Waals surface area contributed by atoms with E-state index >= 15 is 0 Å². The lowest BCUT2D eigenvalue weighted by atomic mass is 10.2. The predicted molar refractivity (Wildman–Crippen MR) is 86.6 cm³/mol. The summed E-state index contributed by atoms with van der Waals surface area (Å²) in [5.74, 6) is -0.216. The summed E-state index contributed by atoms with van der Waals surface area (Å²) in [5, 5.41) is 4.85. The fraction of sp³-hybridized carbons (Fsp3) is 0.125. The summed E-state index contributed by atoms with van der Waals surface area (Å²) in [6.45, 7) is 0.628. The molecule has 0 saturated heterocycles. The zero-order valence-electron chi connectivity index (χ0n) is 11.4. The van der Waals surface area contributed by atoms with Crippen molar-refractivity contribution in [3.8, 4) is 0 Å². The van der Waals surface area contributed by atoms with Crippen LogP contribution in [0.2, 0.25) is 5.02 Å². The summed E-state index contributed by atoms with van der Waals surface area (Å²) < 4.78 is 13.4. The molecule has 1 aromatic heterocycles. The van der Waals surface area contributed by atoms with Crippen molar-refractivity contribution < 1.29 is 4.39 Å². The van der Waals surface area contributed by atoms with E-state index in [-0.39, 0.29) is 5.82 Å². The second kappa shape index (κ2) is 6.10. The highest BCUT2D eigenvalue weighted by Crippen LogP contribution is 2.37. The highest BCUT2D eigenvalue weighted by Gasteiger charge is 2.10. The van der Waals surface area contributed by atoms with Gasteiger partial charge in [0.05, 0.1) is 10.5 Å². The van der Waals surface area contributed by atoms with Crippen LogP contribution in [0.15, 0.2) is 52.4 Å². The van der Waals surface area contributed by atoms with Crippen LogP contribution in [0.4, 0.5) is 4.39 Å². The second-order valence-corrected chi connectivity index (χ2v) is 6.19. The van der Waals surface area contributed by atoms with Crippen LogP contribution in [-0.4, -0.2) is 12.0 Å². The summed E-state index contributed by atoms with van der Waals surface area (Å²) in [6.07, 6.45) is 1.94. The molecular weight excluding hydrogens is 307 g/mol. The molecule has 0 atom stereocenters. The van der Waals surface area contributed by atoms with Crippen LogP contribution in [0, 0.1) is 5.82 Å². The number of para-hydroxylation sites is 1. The van der Waals surface area contributed by atoms with Gasteiger partial charge in [0.25, 0.3) is 0 Å². The molecule has 0 aliphatic heterocycles. The number of nitrogens with one attached hydrogen (secondary N) is 2. The third kappa shape index (κ3) is 2.93. The van der Waals surface area contributed by atoms with Gasteiger partial charge in [-0.1, -0.05) is 35.5 Å². The molecule has 21 heavy (non-hydrogen) atoms. The Bertz CT molecular complexity index is 785. The minimum atomic E-state index is -0.216. The SMILES string of the molecule is CNCc1cc(F)ccc1Sc1c[nH]c2c(Cl)cccc12. The summed E-state index contributed by atoms with van der Waals surface area (Å²) >= 11 is 7.79. The second-order valence-electron chi connectivity index (χ2n) is 4.70. The zero-order chi connectivity index (χ0) is 14.8. The van der Waals surface area contributed by atoms with Crippen molar-refractivity contribution in [2.24, 2.45) is 0 Å². The van der Waals surface area contributed by atoms with E-state index in [9.17, 15) is 4.39 Å². The number of hydrogen-bond donors (Lipinski definition) is 2. The van der Waals surface area contributed by atoms with Gasteiger partial charge in [0.1, 0.15) is 5.82 Å². The van der Waals surface area contributed by atoms with Crippen LogP contribution in [-0.2, 0) is 6.54 Å². The Kier molecular flexibility index (Phi) is 4.19. The Labute approximate surface area is 131 Å². The van der Waals surface area contributed by atoms with Crippen molar-refractivity contribution in [1.29, 1.82) is 0 Å². The van der Waals surface area contributed by atoms with Gasteiger partial charge in [-0.3, -0.25) is 0 Å². The fourth-order valence-corrected chi connectivity index (χ4v) is 3.53. The van der Waals surface area contributed by atoms with E-state index in [4.69, 9.17) is 11.6 Å². The molecule has 0 radical (unpaired) electrons. The number of H-pyrrole nitrogens is 1. The molecule has 0 spiro atoms. The lowest BCUT2D eigenvalue weighted by Gasteiger charge is -2.08. The molecule has 0 aliphatic rings. The Morgan fingerprint density at radius 3 is 2.90 bits per heavy atom. The lowest BCUT2D eigenvalue weighted by molar-refractivity contribution is 0.621. The molecule has 5 heteroatoms. The van der Waals surface area contributed by atoms with E-state index in [1.54, 1.807) is 17.8 Å². The van der Waals surface area contributed by atoms with E-state index in [0.717, 1.165) is 26.3 Å². The number of aromatic amines is 1. The molecule has 3 rings (SSSR count). The lowest BCUT2D eigenvalue weighted by Crippen LogP contribution is -2.06. The molecule has 2 nitrogen and oxygen atoms in total. The first-order chi connectivity index (χ1) is 10.2. The third-order valence-electron chi connectivity index (χ3n) is 3.24. The first-order valence-electron chi connectivity index (χ1n) is 6.55. The summed E-state index contributed by atoms with van der Waals surface area (Å²) in [7, 11) is 1.85. The van der Waals surface area contributed by atoms with Crippen LogP contribution in [0.5, 0.6) is 0 Å². The quantitative estimate of drug-likeness (QED) is 0.720. The van der Waals surface area contributed by atoms with Crippen molar-refractivity contribution in [3.63, 3.8) is 0 Å². The minimum Gasteiger partial charge on any atom is -0.359 e. The van der Waals surface area contributed by atoms with Gasteiger partial charge in [-0.2, -0.15) is 0 Å². The third-order valence-corrected chi connectivity index (χ3v) is 4.73. The smallest absolute Gasteiger partial charge is 0.123 e. The molecule has 0 unspecified atom stereocenters. The molecule has 2 aromatic carbocycles. The van der Waals surface area contributed by atoms with Crippen molar-refractivity contribution in [3.05, 3.63) is 59.0 Å². The van der Waals surface area contributed by atoms with Gasteiger partial charge in [-0.15, -0.1) is 0 Å². The average Bonchev–Trinajstić information content (AvgIpc) is 2.87. The van der Waals surface area contributed by atoms with Gasteiger partial charge in [0.15, 0.2) is 0 Å². The highest BCUT2D eigenvalue weighted by atomic mass is 35.5. The van der Waals surface area contributed by atoms with Crippen molar-refractivity contribution in [2.75, 3.05) is 7.05 Å². The van der Waals surface area contributed by atoms with E-state index in [2.05, 4.69) is 10.3 Å². The van der Waals surface area contributed by atoms with Crippen molar-refractivity contribution in [1.82, 2.24) is 10.3 Å². The summed E-state index contributed by atoms with van der Waals surface area (Å²) in [5.41, 5.74) is 1.87. The zero-order valence-corrected chi connectivity index (χ0v) is 13.0. The topological polar surface area (TPSA) is 27.8 Å². The Morgan fingerprint density at radius 1 is 1.24 bits per heavy atom. The Balaban J connectivity index is 2.01. The normalized spacial score (nSPS) is 11.2. The maximum atomic E-state index is 13.4. The Morgan fingerprint density at radius 2 is 2.10 bits per heavy atom. The van der Waals surface area contributed by atoms with E-state index in [1.807, 2.05) is 37.5 Å². The molecule has 108 valence electrons. The number of halogens is 2. The fourth-order valence-electron chi connectivity index (χ4n) is 2.27. The van der Waals surface area contributed by atoms with Crippen molar-refractivity contribution >= 4 is 34.3 Å². The van der Waals surface area contributed by atoms with Crippen LogP contribution >= 0.6 is 23.4 Å². The molecule has 0 bridgehead atoms. The Hall–Kier alpha value is -1.49. The first-order valence-corrected chi connectivity index (χ1v) is 7.75. The summed E-state index contributed by atoms with van der Waals surface area (Å²) in [6, 6.07) is 10.7. The molecule has 0 amide bonds. The molecule has 0 saturated carbocycles. The van der Waals surface area contributed by atoms with Gasteiger partial charge >= 0.3 is 0 Å². The van der Waals surface area contributed by atoms with E-state index < -0.39 is 0 Å². The largest absolute Gasteiger partial charge is 0.359 e. The van der Waals surface area contributed by atoms with Crippen LogP contribution in [0.1, 0.15) is 5.56 Å². The van der Waals surface area contributed by atoms with Crippen LogP contribution in [0.3, 0.4) is 0 Å². The van der Waals surface area contributed by atoms with Crippen LogP contribution < -0.4 is 5.32 Å². The van der Waals surface area contributed by atoms with Crippen LogP contribution in [0.25, 0.3) is 10.9 Å². The van der Waals surface area contributed by atoms with Gasteiger partial charge in [0.2, 0.25) is 0 Å². The van der Waals surface area contributed by atoms with Gasteiger partial charge in [-0.05, 0) is 36.9 Å². The predicted octanol–water partition coefficient (Wildman–Crippen LogP) is 4.83. The average molecular weight is 321 g/mol. The van der Waals surface area contributed by atoms with Gasteiger partial charge in [-0.25, -0.2) is 4.39 Å². The monoisotopic (exact) mass is 320 g/mol. The maximum Gasteiger partial charge on any atom is 0.123 e. The molecule has 0 fully saturated rings. The van der Waals surface area contributed by atoms with Gasteiger partial charge < -0.3 is 10.3 Å². The molecule has 1 heterocycles. The molecule has 0 aliphatic carbocycles. The van der Waals surface area contributed by atoms with Crippen molar-refractivity contribution in [2.45, 2.75) is 16.3 Å². The number of rotatable bonds is 4.